The molecule has 1 aliphatic heterocycles. The van der Waals surface area contributed by atoms with Crippen LogP contribution >= 0.6 is 8.95 Å². The van der Waals surface area contributed by atoms with E-state index in [0.29, 0.717) is 3.43 Å². The van der Waals surface area contributed by atoms with E-state index in [-0.39, 0.29) is 4.87 Å². The Balaban J connectivity index is 1.90. The van der Waals surface area contributed by atoms with E-state index < -0.39 is 19.8 Å². The molecule has 118 valence electrons. The number of hydrazone groups is 1. The van der Waals surface area contributed by atoms with Gasteiger partial charge in [0.2, 0.25) is 0 Å². The van der Waals surface area contributed by atoms with Crippen molar-refractivity contribution in [2.75, 3.05) is 0 Å². The zero-order valence-electron chi connectivity index (χ0n) is 13.6. The van der Waals surface area contributed by atoms with Crippen LogP contribution in [0.4, 0.5) is 0 Å². The monoisotopic (exact) mass is 432 g/mol. The topological polar surface area (TPSA) is 50.2 Å². The van der Waals surface area contributed by atoms with Crippen molar-refractivity contribution < 1.29 is 0 Å². The predicted molar refractivity (Wildman–Crippen MR) is 97.7 cm³/mol. The molecule has 0 aliphatic carbocycles. The van der Waals surface area contributed by atoms with Gasteiger partial charge >= 0.3 is 151 Å². The summed E-state index contributed by atoms with van der Waals surface area (Å²) in [6.07, 6.45) is 4.73. The van der Waals surface area contributed by atoms with Gasteiger partial charge in [-0.2, -0.15) is 0 Å². The molecule has 1 N–H and O–H groups in total. The molecule has 3 rings (SSSR count). The second-order valence-corrected chi connectivity index (χ2v) is 15.2. The van der Waals surface area contributed by atoms with E-state index in [1.54, 1.807) is 12.4 Å². The molecular formula is C17H20N4SSn. The Kier molecular flexibility index (Phi) is 4.96. The zero-order chi connectivity index (χ0) is 16.3. The minimum atomic E-state index is -0.437. The van der Waals surface area contributed by atoms with Gasteiger partial charge in [0.05, 0.1) is 0 Å². The van der Waals surface area contributed by atoms with Gasteiger partial charge in [-0.25, -0.2) is 0 Å². The summed E-state index contributed by atoms with van der Waals surface area (Å²) in [6.45, 7) is 7.01. The van der Waals surface area contributed by atoms with Gasteiger partial charge < -0.3 is 0 Å². The fraction of sp³-hybridized carbons (Fsp3) is 0.353. The van der Waals surface area contributed by atoms with Crippen molar-refractivity contribution in [1.82, 2.24) is 15.4 Å². The van der Waals surface area contributed by atoms with E-state index in [4.69, 9.17) is 5.10 Å². The average Bonchev–Trinajstić information content (AvgIpc) is 2.83. The van der Waals surface area contributed by atoms with Crippen LogP contribution in [0.15, 0.2) is 53.9 Å². The molecule has 0 bridgehead atoms. The Morgan fingerprint density at radius 1 is 1.09 bits per heavy atom. The summed E-state index contributed by atoms with van der Waals surface area (Å²) in [5, 5.41) is 4.73. The van der Waals surface area contributed by atoms with E-state index in [2.05, 4.69) is 45.1 Å². The number of rotatable bonds is 4. The molecule has 2 radical (unpaired) electrons. The summed E-state index contributed by atoms with van der Waals surface area (Å²) >= 11 is -0.437. The molecule has 2 aromatic rings. The van der Waals surface area contributed by atoms with Gasteiger partial charge in [-0.3, -0.25) is 0 Å². The molecule has 1 atom stereocenters. The van der Waals surface area contributed by atoms with Crippen molar-refractivity contribution >= 4 is 34.4 Å². The number of hydrogen-bond acceptors (Lipinski definition) is 5. The summed E-state index contributed by atoms with van der Waals surface area (Å²) in [5.41, 5.74) is 5.89. The molecule has 0 aromatic carbocycles. The Morgan fingerprint density at radius 3 is 2.13 bits per heavy atom. The second-order valence-electron chi connectivity index (χ2n) is 6.50. The summed E-state index contributed by atoms with van der Waals surface area (Å²) in [4.78, 5) is 8.91. The molecule has 0 saturated carbocycles. The number of nitrogens with one attached hydrogen (secondary N) is 1. The van der Waals surface area contributed by atoms with Crippen LogP contribution in [-0.2, 0) is 0 Å². The van der Waals surface area contributed by atoms with Crippen LogP contribution in [0.2, 0.25) is 3.43 Å². The Bertz CT molecular complexity index is 649. The van der Waals surface area contributed by atoms with Gasteiger partial charge in [0.25, 0.3) is 0 Å². The van der Waals surface area contributed by atoms with Crippen molar-refractivity contribution in [2.24, 2.45) is 5.10 Å². The number of nitrogens with zero attached hydrogens (tertiary/aromatic N) is 3. The normalized spacial score (nSPS) is 22.6. The fourth-order valence-corrected chi connectivity index (χ4v) is 11.0. The van der Waals surface area contributed by atoms with Crippen LogP contribution in [0.1, 0.15) is 38.6 Å². The van der Waals surface area contributed by atoms with Crippen LogP contribution < -0.4 is 5.43 Å². The van der Waals surface area contributed by atoms with Gasteiger partial charge in [0, 0.05) is 0 Å². The van der Waals surface area contributed by atoms with E-state index in [0.717, 1.165) is 23.5 Å². The number of pyridine rings is 2. The third-order valence-electron chi connectivity index (χ3n) is 3.55. The molecule has 0 spiro atoms. The van der Waals surface area contributed by atoms with Crippen LogP contribution in [0.25, 0.3) is 0 Å². The molecule has 4 nitrogen and oxygen atoms in total. The molecular weight excluding hydrogens is 411 g/mol. The quantitative estimate of drug-likeness (QED) is 0.458. The third kappa shape index (κ3) is 4.26. The molecule has 2 aromatic heterocycles. The van der Waals surface area contributed by atoms with Gasteiger partial charge in [-0.15, -0.1) is 0 Å². The Hall–Kier alpha value is -1.08. The van der Waals surface area contributed by atoms with Crippen molar-refractivity contribution in [2.45, 2.75) is 35.5 Å². The number of hydrogen-bond donors (Lipinski definition) is 1. The molecule has 3 heterocycles. The minimum absolute atomic E-state index is 0.0183. The maximum absolute atomic E-state index is 4.73. The van der Waals surface area contributed by atoms with Crippen molar-refractivity contribution in [3.05, 3.63) is 60.2 Å². The molecule has 1 saturated heterocycles. The van der Waals surface area contributed by atoms with E-state index in [1.807, 2.05) is 36.4 Å². The van der Waals surface area contributed by atoms with E-state index >= 15 is 0 Å². The van der Waals surface area contributed by atoms with E-state index in [1.165, 1.54) is 0 Å². The standard InChI is InChI=1S/C17H21N4S.Sn/c1-13(2)12-17(3,22)21-20-16(14-8-4-6-10-18-14)15-9-5-7-11-19-15;/h4-11,21-22H,12H2,1-3H3;/q;+1/p-1. The molecule has 1 aliphatic rings. The molecule has 23 heavy (non-hydrogen) atoms. The maximum atomic E-state index is 4.73. The van der Waals surface area contributed by atoms with Crippen molar-refractivity contribution in [3.63, 3.8) is 0 Å². The first-order valence-corrected chi connectivity index (χ1v) is 13.3. The first-order valence-electron chi connectivity index (χ1n) is 7.60. The Morgan fingerprint density at radius 2 is 1.70 bits per heavy atom. The summed E-state index contributed by atoms with van der Waals surface area (Å²) in [5.74, 6) is 0. The summed E-state index contributed by atoms with van der Waals surface area (Å²) < 4.78 is 0.501. The summed E-state index contributed by atoms with van der Waals surface area (Å²) in [6, 6.07) is 11.7. The average molecular weight is 431 g/mol. The molecule has 1 unspecified atom stereocenters. The van der Waals surface area contributed by atoms with Crippen LogP contribution in [-0.4, -0.2) is 40.3 Å². The van der Waals surface area contributed by atoms with Crippen LogP contribution in [0.5, 0.6) is 0 Å². The molecule has 6 heteroatoms. The second kappa shape index (κ2) is 6.81. The van der Waals surface area contributed by atoms with Crippen LogP contribution in [0, 0.1) is 0 Å². The predicted octanol–water partition coefficient (Wildman–Crippen LogP) is 3.49. The van der Waals surface area contributed by atoms with Gasteiger partial charge in [-0.05, 0) is 0 Å². The zero-order valence-corrected chi connectivity index (χ0v) is 17.2. The Labute approximate surface area is 150 Å². The SMILES string of the molecule is CC1(NN=C(c2ccccn2)c2ccccn2)C[C](C)(C)[Sn][S]1. The molecule has 1 fully saturated rings. The first kappa shape index (κ1) is 16.8. The third-order valence-corrected chi connectivity index (χ3v) is 14.9. The van der Waals surface area contributed by atoms with Crippen molar-refractivity contribution in [3.8, 4) is 0 Å². The first-order chi connectivity index (χ1) is 11.0. The van der Waals surface area contributed by atoms with Crippen LogP contribution in [0.3, 0.4) is 0 Å². The molecule has 0 amide bonds. The van der Waals surface area contributed by atoms with Gasteiger partial charge in [-0.1, -0.05) is 0 Å². The van der Waals surface area contributed by atoms with Crippen molar-refractivity contribution in [1.29, 1.82) is 0 Å². The van der Waals surface area contributed by atoms with Gasteiger partial charge in [0.1, 0.15) is 0 Å². The number of aromatic nitrogens is 2. The van der Waals surface area contributed by atoms with E-state index in [9.17, 15) is 0 Å². The fourth-order valence-electron chi connectivity index (χ4n) is 2.65. The van der Waals surface area contributed by atoms with Gasteiger partial charge in [0.15, 0.2) is 0 Å². The summed E-state index contributed by atoms with van der Waals surface area (Å²) in [7, 11) is 2.09.